The maximum Gasteiger partial charge on any atom is 0.123 e. The lowest BCUT2D eigenvalue weighted by Crippen LogP contribution is -2.37. The average molecular weight is 641 g/mol. The van der Waals surface area contributed by atoms with E-state index >= 15 is 0 Å². The lowest BCUT2D eigenvalue weighted by atomic mass is 9.95. The lowest BCUT2D eigenvalue weighted by molar-refractivity contribution is 0.0383. The van der Waals surface area contributed by atoms with Crippen molar-refractivity contribution in [3.8, 4) is 0 Å². The highest BCUT2D eigenvalue weighted by Crippen LogP contribution is 2.36. The highest BCUT2D eigenvalue weighted by molar-refractivity contribution is 5.32. The molecule has 2 aromatic carbocycles. The van der Waals surface area contributed by atoms with Crippen molar-refractivity contribution < 1.29 is 18.3 Å². The summed E-state index contributed by atoms with van der Waals surface area (Å²) in [4.78, 5) is 9.88. The van der Waals surface area contributed by atoms with Crippen LogP contribution < -0.4 is 0 Å². The molecule has 4 aliphatic rings. The van der Waals surface area contributed by atoms with Crippen LogP contribution in [0.25, 0.3) is 0 Å². The van der Waals surface area contributed by atoms with E-state index in [0.29, 0.717) is 24.2 Å². The first kappa shape index (κ1) is 35.4. The second-order valence-electron chi connectivity index (χ2n) is 14.1. The Kier molecular flexibility index (Phi) is 13.4. The number of benzene rings is 2. The average Bonchev–Trinajstić information content (AvgIpc) is 3.76. The molecule has 6 rings (SSSR count). The van der Waals surface area contributed by atoms with Gasteiger partial charge in [0.2, 0.25) is 0 Å². The van der Waals surface area contributed by atoms with Crippen LogP contribution in [-0.2, 0) is 22.3 Å². The molecule has 0 bridgehead atoms. The standard InChI is InChI=1S/2C19H29FN2O/c1-15(2)22-8-3-4-19(22)18-14-17(20)6-5-16(18)7-9-21-10-12-23-13-11-21;1-15(2)22-6-3-4-19(22)17-12-16(13-18(20)14-17)5-7-21-8-10-23-11-9-21/h5-6,14-15,19H,3-4,7-13H2,1-2H3;12-15,19H,3-11H2,1-2H3. The zero-order valence-electron chi connectivity index (χ0n) is 28.9. The van der Waals surface area contributed by atoms with Crippen LogP contribution in [0, 0.1) is 11.6 Å². The minimum atomic E-state index is -0.106. The van der Waals surface area contributed by atoms with Crippen LogP contribution in [0.5, 0.6) is 0 Å². The fraction of sp³-hybridized carbons (Fsp3) is 0.684. The molecule has 256 valence electrons. The van der Waals surface area contributed by atoms with E-state index in [1.165, 1.54) is 24.0 Å². The molecule has 4 heterocycles. The molecule has 8 heteroatoms. The highest BCUT2D eigenvalue weighted by atomic mass is 19.1. The van der Waals surface area contributed by atoms with Gasteiger partial charge in [0.15, 0.2) is 0 Å². The summed E-state index contributed by atoms with van der Waals surface area (Å²) in [7, 11) is 0. The van der Waals surface area contributed by atoms with Crippen molar-refractivity contribution in [3.63, 3.8) is 0 Å². The predicted molar refractivity (Wildman–Crippen MR) is 182 cm³/mol. The van der Waals surface area contributed by atoms with E-state index < -0.39 is 0 Å². The topological polar surface area (TPSA) is 31.4 Å². The first-order valence-corrected chi connectivity index (χ1v) is 18.0. The molecule has 4 aliphatic heterocycles. The van der Waals surface area contributed by atoms with Crippen LogP contribution in [0.2, 0.25) is 0 Å². The van der Waals surface area contributed by atoms with Crippen LogP contribution in [-0.4, -0.2) is 110 Å². The van der Waals surface area contributed by atoms with E-state index in [4.69, 9.17) is 9.47 Å². The van der Waals surface area contributed by atoms with Crippen molar-refractivity contribution in [2.45, 2.75) is 90.4 Å². The van der Waals surface area contributed by atoms with E-state index in [-0.39, 0.29) is 11.6 Å². The molecule has 0 radical (unpaired) electrons. The fourth-order valence-corrected chi connectivity index (χ4v) is 7.84. The van der Waals surface area contributed by atoms with E-state index in [2.05, 4.69) is 53.4 Å². The summed E-state index contributed by atoms with van der Waals surface area (Å²) in [5, 5.41) is 0. The van der Waals surface area contributed by atoms with Crippen molar-refractivity contribution in [1.29, 1.82) is 0 Å². The van der Waals surface area contributed by atoms with Gasteiger partial charge in [0.25, 0.3) is 0 Å². The Hall–Kier alpha value is -1.94. The molecule has 6 nitrogen and oxygen atoms in total. The second-order valence-corrected chi connectivity index (χ2v) is 14.1. The highest BCUT2D eigenvalue weighted by Gasteiger charge is 2.30. The SMILES string of the molecule is CC(C)N1CCCC1c1cc(F)cc(CCN2CCOCC2)c1.CC(C)N1CCCC1c1cc(F)ccc1CCN1CCOCC1. The van der Waals surface area contributed by atoms with E-state index in [0.717, 1.165) is 116 Å². The monoisotopic (exact) mass is 640 g/mol. The summed E-state index contributed by atoms with van der Waals surface area (Å²) >= 11 is 0. The maximum atomic E-state index is 14.1. The molecule has 0 spiro atoms. The van der Waals surface area contributed by atoms with Gasteiger partial charge in [0, 0.05) is 63.4 Å². The van der Waals surface area contributed by atoms with Crippen molar-refractivity contribution in [2.75, 3.05) is 78.8 Å². The lowest BCUT2D eigenvalue weighted by Gasteiger charge is -2.31. The molecule has 46 heavy (non-hydrogen) atoms. The smallest absolute Gasteiger partial charge is 0.123 e. The van der Waals surface area contributed by atoms with Gasteiger partial charge in [-0.1, -0.05) is 12.1 Å². The second kappa shape index (κ2) is 17.5. The summed E-state index contributed by atoms with van der Waals surface area (Å²) in [6.45, 7) is 20.5. The quantitative estimate of drug-likeness (QED) is 0.295. The molecule has 4 fully saturated rings. The van der Waals surface area contributed by atoms with E-state index in [1.54, 1.807) is 24.3 Å². The minimum absolute atomic E-state index is 0.0879. The van der Waals surface area contributed by atoms with Gasteiger partial charge >= 0.3 is 0 Å². The summed E-state index contributed by atoms with van der Waals surface area (Å²) in [5.74, 6) is -0.194. The third kappa shape index (κ3) is 9.80. The molecule has 2 unspecified atom stereocenters. The Morgan fingerprint density at radius 3 is 1.83 bits per heavy atom. The first-order valence-electron chi connectivity index (χ1n) is 18.0. The Labute approximate surface area is 277 Å². The molecular weight excluding hydrogens is 582 g/mol. The van der Waals surface area contributed by atoms with Gasteiger partial charge in [-0.3, -0.25) is 19.6 Å². The van der Waals surface area contributed by atoms with Crippen molar-refractivity contribution in [2.24, 2.45) is 0 Å². The number of hydrogen-bond acceptors (Lipinski definition) is 6. The largest absolute Gasteiger partial charge is 0.379 e. The number of ether oxygens (including phenoxy) is 2. The number of halogens is 2. The first-order chi connectivity index (χ1) is 22.3. The van der Waals surface area contributed by atoms with Crippen molar-refractivity contribution in [1.82, 2.24) is 19.6 Å². The van der Waals surface area contributed by atoms with Crippen LogP contribution >= 0.6 is 0 Å². The molecule has 0 amide bonds. The van der Waals surface area contributed by atoms with Crippen molar-refractivity contribution >= 4 is 0 Å². The normalized spacial score (nSPS) is 23.7. The Balaban J connectivity index is 0.000000181. The van der Waals surface area contributed by atoms with Gasteiger partial charge in [-0.15, -0.1) is 0 Å². The van der Waals surface area contributed by atoms with E-state index in [9.17, 15) is 8.78 Å². The Morgan fingerprint density at radius 2 is 1.22 bits per heavy atom. The van der Waals surface area contributed by atoms with Crippen LogP contribution in [0.4, 0.5) is 8.78 Å². The van der Waals surface area contributed by atoms with Crippen LogP contribution in [0.15, 0.2) is 36.4 Å². The fourth-order valence-electron chi connectivity index (χ4n) is 7.84. The van der Waals surface area contributed by atoms with Crippen molar-refractivity contribution in [3.05, 3.63) is 70.3 Å². The molecule has 0 aliphatic carbocycles. The molecule has 0 aromatic heterocycles. The Bertz CT molecular complexity index is 1220. The van der Waals surface area contributed by atoms with Gasteiger partial charge in [0.1, 0.15) is 11.6 Å². The van der Waals surface area contributed by atoms with Gasteiger partial charge < -0.3 is 9.47 Å². The van der Waals surface area contributed by atoms with Gasteiger partial charge in [-0.25, -0.2) is 8.78 Å². The molecule has 2 atom stereocenters. The number of nitrogens with zero attached hydrogens (tertiary/aromatic N) is 4. The molecular formula is C38H58F2N4O2. The third-order valence-electron chi connectivity index (χ3n) is 10.4. The summed E-state index contributed by atoms with van der Waals surface area (Å²) in [5.41, 5.74) is 4.81. The van der Waals surface area contributed by atoms with Gasteiger partial charge in [0.05, 0.1) is 26.4 Å². The minimum Gasteiger partial charge on any atom is -0.379 e. The predicted octanol–water partition coefficient (Wildman–Crippen LogP) is 6.49. The Morgan fingerprint density at radius 1 is 0.652 bits per heavy atom. The molecule has 4 saturated heterocycles. The zero-order valence-corrected chi connectivity index (χ0v) is 28.9. The summed E-state index contributed by atoms with van der Waals surface area (Å²) in [6, 6.07) is 12.9. The third-order valence-corrected chi connectivity index (χ3v) is 10.4. The number of rotatable bonds is 10. The molecule has 2 aromatic rings. The van der Waals surface area contributed by atoms with Gasteiger partial charge in [-0.05, 0) is 126 Å². The van der Waals surface area contributed by atoms with Crippen LogP contribution in [0.3, 0.4) is 0 Å². The number of morpholine rings is 2. The number of hydrogen-bond donors (Lipinski definition) is 0. The summed E-state index contributed by atoms with van der Waals surface area (Å²) < 4.78 is 38.8. The molecule has 0 N–H and O–H groups in total. The molecule has 0 saturated carbocycles. The van der Waals surface area contributed by atoms with E-state index in [1.807, 2.05) is 6.07 Å². The number of likely N-dealkylation sites (tertiary alicyclic amines) is 2. The van der Waals surface area contributed by atoms with Crippen LogP contribution in [0.1, 0.15) is 87.7 Å². The summed E-state index contributed by atoms with van der Waals surface area (Å²) in [6.07, 6.45) is 6.62. The zero-order chi connectivity index (χ0) is 32.5. The maximum absolute atomic E-state index is 14.1. The van der Waals surface area contributed by atoms with Gasteiger partial charge in [-0.2, -0.15) is 0 Å².